The summed E-state index contributed by atoms with van der Waals surface area (Å²) in [5, 5.41) is 12.0. The van der Waals surface area contributed by atoms with Crippen molar-refractivity contribution in [3.05, 3.63) is 0 Å². The lowest BCUT2D eigenvalue weighted by molar-refractivity contribution is -0.145. The number of nitrogens with one attached hydrogen (secondary N) is 1. The minimum Gasteiger partial charge on any atom is -0.479 e. The monoisotopic (exact) mass is 328 g/mol. The fourth-order valence-corrected chi connectivity index (χ4v) is 2.40. The molecule has 7 nitrogen and oxygen atoms in total. The Morgan fingerprint density at radius 1 is 1.22 bits per heavy atom. The Balaban J connectivity index is 2.83. The van der Waals surface area contributed by atoms with E-state index in [1.165, 1.54) is 4.90 Å². The van der Waals surface area contributed by atoms with E-state index >= 15 is 0 Å². The summed E-state index contributed by atoms with van der Waals surface area (Å²) >= 11 is 0. The van der Waals surface area contributed by atoms with Crippen LogP contribution in [0.2, 0.25) is 0 Å². The fourth-order valence-electron chi connectivity index (χ4n) is 2.40. The zero-order valence-corrected chi connectivity index (χ0v) is 14.8. The van der Waals surface area contributed by atoms with Crippen LogP contribution in [-0.4, -0.2) is 52.2 Å². The third kappa shape index (κ3) is 4.84. The van der Waals surface area contributed by atoms with Gasteiger partial charge in [-0.25, -0.2) is 9.59 Å². The van der Waals surface area contributed by atoms with Crippen LogP contribution >= 0.6 is 0 Å². The molecule has 132 valence electrons. The van der Waals surface area contributed by atoms with Gasteiger partial charge < -0.3 is 20.1 Å². The Labute approximate surface area is 137 Å². The van der Waals surface area contributed by atoms with Gasteiger partial charge in [0.2, 0.25) is 5.91 Å². The molecule has 0 aromatic heterocycles. The van der Waals surface area contributed by atoms with Gasteiger partial charge >= 0.3 is 12.1 Å². The van der Waals surface area contributed by atoms with E-state index in [1.54, 1.807) is 20.8 Å². The van der Waals surface area contributed by atoms with Gasteiger partial charge in [0.05, 0.1) is 6.54 Å². The van der Waals surface area contributed by atoms with Crippen molar-refractivity contribution in [3.8, 4) is 0 Å². The summed E-state index contributed by atoms with van der Waals surface area (Å²) in [6, 6.07) is 0. The van der Waals surface area contributed by atoms with Crippen LogP contribution in [0.1, 0.15) is 48.0 Å². The number of hydrogen-bond donors (Lipinski definition) is 2. The number of amides is 2. The molecule has 1 rings (SSSR count). The molecule has 0 aromatic carbocycles. The number of alkyl carbamates (subject to hydrolysis) is 1. The van der Waals surface area contributed by atoms with Crippen molar-refractivity contribution in [1.29, 1.82) is 0 Å². The molecule has 1 heterocycles. The van der Waals surface area contributed by atoms with E-state index in [9.17, 15) is 19.5 Å². The summed E-state index contributed by atoms with van der Waals surface area (Å²) in [6.45, 7) is 11.1. The minimum atomic E-state index is -1.49. The number of likely N-dealkylation sites (tertiary alicyclic amines) is 1. The highest BCUT2D eigenvalue weighted by molar-refractivity contribution is 5.87. The Hall–Kier alpha value is -1.79. The molecule has 1 saturated heterocycles. The highest BCUT2D eigenvalue weighted by Gasteiger charge is 2.48. The van der Waals surface area contributed by atoms with E-state index in [1.807, 2.05) is 20.8 Å². The van der Waals surface area contributed by atoms with Gasteiger partial charge in [-0.2, -0.15) is 0 Å². The Bertz CT molecular complexity index is 483. The van der Waals surface area contributed by atoms with Gasteiger partial charge in [0.1, 0.15) is 5.60 Å². The zero-order valence-electron chi connectivity index (χ0n) is 14.8. The molecule has 2 atom stereocenters. The third-order valence-electron chi connectivity index (χ3n) is 4.12. The molecule has 2 N–H and O–H groups in total. The molecule has 2 amide bonds. The standard InChI is InChI=1S/C16H28N2O5/c1-10(2)11(3)12(19)18-8-7-16(9-18,13(20)21)17-14(22)23-15(4,5)6/h10-11H,7-9H2,1-6H3,(H,17,22)(H,20,21). The van der Waals surface area contributed by atoms with Gasteiger partial charge in [0, 0.05) is 18.9 Å². The fraction of sp³-hybridized carbons (Fsp3) is 0.812. The number of carboxylic acids is 1. The van der Waals surface area contributed by atoms with Crippen LogP contribution in [0.25, 0.3) is 0 Å². The number of hydrogen-bond acceptors (Lipinski definition) is 4. The van der Waals surface area contributed by atoms with Crippen molar-refractivity contribution in [2.45, 2.75) is 59.1 Å². The Morgan fingerprint density at radius 3 is 2.22 bits per heavy atom. The molecular formula is C16H28N2O5. The van der Waals surface area contributed by atoms with Gasteiger partial charge in [-0.3, -0.25) is 4.79 Å². The first-order valence-corrected chi connectivity index (χ1v) is 7.91. The van der Waals surface area contributed by atoms with Gasteiger partial charge in [-0.1, -0.05) is 20.8 Å². The first kappa shape index (κ1) is 19.3. The maximum Gasteiger partial charge on any atom is 0.408 e. The van der Waals surface area contributed by atoms with Crippen molar-refractivity contribution in [2.24, 2.45) is 11.8 Å². The molecule has 0 aromatic rings. The summed E-state index contributed by atoms with van der Waals surface area (Å²) in [5.74, 6) is -1.27. The predicted octanol–water partition coefficient (Wildman–Crippen LogP) is 1.86. The van der Waals surface area contributed by atoms with E-state index in [2.05, 4.69) is 5.32 Å². The number of carbonyl (C=O) groups excluding carboxylic acids is 2. The van der Waals surface area contributed by atoms with Crippen molar-refractivity contribution < 1.29 is 24.2 Å². The second-order valence-electron chi connectivity index (χ2n) is 7.56. The quantitative estimate of drug-likeness (QED) is 0.821. The van der Waals surface area contributed by atoms with E-state index in [0.29, 0.717) is 6.54 Å². The number of aliphatic carboxylic acids is 1. The summed E-state index contributed by atoms with van der Waals surface area (Å²) in [5.41, 5.74) is -2.21. The van der Waals surface area contributed by atoms with E-state index < -0.39 is 23.2 Å². The lowest BCUT2D eigenvalue weighted by Crippen LogP contribution is -2.57. The Morgan fingerprint density at radius 2 is 1.78 bits per heavy atom. The topological polar surface area (TPSA) is 95.9 Å². The van der Waals surface area contributed by atoms with Crippen LogP contribution in [-0.2, 0) is 14.3 Å². The average Bonchev–Trinajstić information content (AvgIpc) is 2.79. The van der Waals surface area contributed by atoms with Crippen LogP contribution in [0, 0.1) is 11.8 Å². The molecule has 0 radical (unpaired) electrons. The van der Waals surface area contributed by atoms with E-state index in [4.69, 9.17) is 4.74 Å². The molecule has 1 aliphatic heterocycles. The summed E-state index contributed by atoms with van der Waals surface area (Å²) < 4.78 is 5.14. The average molecular weight is 328 g/mol. The van der Waals surface area contributed by atoms with Crippen molar-refractivity contribution in [3.63, 3.8) is 0 Å². The minimum absolute atomic E-state index is 0.0442. The molecule has 1 aliphatic rings. The maximum absolute atomic E-state index is 12.4. The molecule has 0 spiro atoms. The SMILES string of the molecule is CC(C)C(C)C(=O)N1CCC(NC(=O)OC(C)(C)C)(C(=O)O)C1. The molecule has 0 saturated carbocycles. The smallest absolute Gasteiger partial charge is 0.408 e. The highest BCUT2D eigenvalue weighted by atomic mass is 16.6. The second-order valence-corrected chi connectivity index (χ2v) is 7.56. The number of carbonyl (C=O) groups is 3. The first-order chi connectivity index (χ1) is 10.4. The summed E-state index contributed by atoms with van der Waals surface area (Å²) in [6.07, 6.45) is -0.621. The largest absolute Gasteiger partial charge is 0.479 e. The molecule has 2 unspecified atom stereocenters. The number of rotatable bonds is 4. The van der Waals surface area contributed by atoms with Crippen LogP contribution < -0.4 is 5.32 Å². The molecule has 23 heavy (non-hydrogen) atoms. The predicted molar refractivity (Wildman–Crippen MR) is 84.9 cm³/mol. The Kier molecular flexibility index (Phi) is 5.66. The zero-order chi connectivity index (χ0) is 18.0. The summed E-state index contributed by atoms with van der Waals surface area (Å²) in [4.78, 5) is 37.5. The summed E-state index contributed by atoms with van der Waals surface area (Å²) in [7, 11) is 0. The van der Waals surface area contributed by atoms with Crippen molar-refractivity contribution in [2.75, 3.05) is 13.1 Å². The molecule has 0 bridgehead atoms. The maximum atomic E-state index is 12.4. The van der Waals surface area contributed by atoms with Crippen LogP contribution in [0.3, 0.4) is 0 Å². The van der Waals surface area contributed by atoms with Crippen LogP contribution in [0.15, 0.2) is 0 Å². The van der Waals surface area contributed by atoms with Crippen molar-refractivity contribution >= 4 is 18.0 Å². The highest BCUT2D eigenvalue weighted by Crippen LogP contribution is 2.25. The second kappa shape index (κ2) is 6.76. The van der Waals surface area contributed by atoms with E-state index in [0.717, 1.165) is 0 Å². The van der Waals surface area contributed by atoms with Crippen LogP contribution in [0.5, 0.6) is 0 Å². The van der Waals surface area contributed by atoms with Crippen LogP contribution in [0.4, 0.5) is 4.79 Å². The number of carboxylic acid groups (broad SMARTS) is 1. The normalized spacial score (nSPS) is 22.8. The third-order valence-corrected chi connectivity index (χ3v) is 4.12. The van der Waals surface area contributed by atoms with Gasteiger partial charge in [0.25, 0.3) is 0 Å². The molecule has 1 fully saturated rings. The number of nitrogens with zero attached hydrogens (tertiary/aromatic N) is 1. The molecular weight excluding hydrogens is 300 g/mol. The molecule has 7 heteroatoms. The van der Waals surface area contributed by atoms with Crippen molar-refractivity contribution in [1.82, 2.24) is 10.2 Å². The first-order valence-electron chi connectivity index (χ1n) is 7.91. The van der Waals surface area contributed by atoms with Gasteiger partial charge in [-0.05, 0) is 26.7 Å². The van der Waals surface area contributed by atoms with Gasteiger partial charge in [0.15, 0.2) is 5.54 Å². The number of ether oxygens (including phenoxy) is 1. The lowest BCUT2D eigenvalue weighted by atomic mass is 9.96. The van der Waals surface area contributed by atoms with E-state index in [-0.39, 0.29) is 30.7 Å². The lowest BCUT2D eigenvalue weighted by Gasteiger charge is -2.29. The van der Waals surface area contributed by atoms with Gasteiger partial charge in [-0.15, -0.1) is 0 Å². The molecule has 0 aliphatic carbocycles.